The van der Waals surface area contributed by atoms with E-state index in [0.29, 0.717) is 10.6 Å². The molecule has 0 saturated heterocycles. The van der Waals surface area contributed by atoms with Crippen LogP contribution in [0.25, 0.3) is 0 Å². The van der Waals surface area contributed by atoms with Gasteiger partial charge in [0.25, 0.3) is 0 Å². The molecule has 0 saturated carbocycles. The number of rotatable bonds is 6. The van der Waals surface area contributed by atoms with Crippen LogP contribution in [0.15, 0.2) is 18.2 Å². The first-order chi connectivity index (χ1) is 7.69. The molecule has 0 heterocycles. The Labute approximate surface area is 106 Å². The molecule has 0 radical (unpaired) electrons. The molecule has 0 spiro atoms. The number of hydrogen-bond donors (Lipinski definition) is 1. The maximum absolute atomic E-state index is 13.7. The van der Waals surface area contributed by atoms with Gasteiger partial charge in [-0.05, 0) is 31.4 Å². The molecule has 0 amide bonds. The molecule has 1 aromatic carbocycles. The molecule has 1 rings (SSSR count). The van der Waals surface area contributed by atoms with Crippen LogP contribution in [0.4, 0.5) is 4.39 Å². The fourth-order valence-corrected chi connectivity index (χ4v) is 2.65. The highest BCUT2D eigenvalue weighted by atomic mass is 35.5. The van der Waals surface area contributed by atoms with Crippen LogP contribution in [0.5, 0.6) is 0 Å². The van der Waals surface area contributed by atoms with Gasteiger partial charge in [-0.1, -0.05) is 24.6 Å². The van der Waals surface area contributed by atoms with Crippen LogP contribution in [0.2, 0.25) is 5.02 Å². The summed E-state index contributed by atoms with van der Waals surface area (Å²) in [5.41, 5.74) is 0.690. The Hall–Kier alpha value is -0.250. The van der Waals surface area contributed by atoms with Gasteiger partial charge in [-0.25, -0.2) is 4.39 Å². The van der Waals surface area contributed by atoms with E-state index in [1.807, 2.05) is 18.8 Å². The van der Waals surface area contributed by atoms with Crippen LogP contribution in [-0.4, -0.2) is 18.6 Å². The molecule has 0 bridgehead atoms. The minimum Gasteiger partial charge on any atom is -0.312 e. The average molecular weight is 262 g/mol. The van der Waals surface area contributed by atoms with Crippen LogP contribution in [0, 0.1) is 5.82 Å². The minimum atomic E-state index is -0.232. The SMILES string of the molecule is CCCSCC(NC)c1ccc(Cl)cc1F. The van der Waals surface area contributed by atoms with E-state index in [-0.39, 0.29) is 11.9 Å². The molecule has 0 fully saturated rings. The second kappa shape index (κ2) is 7.15. The monoisotopic (exact) mass is 261 g/mol. The van der Waals surface area contributed by atoms with Crippen molar-refractivity contribution in [3.63, 3.8) is 0 Å². The lowest BCUT2D eigenvalue weighted by molar-refractivity contribution is 0.566. The maximum Gasteiger partial charge on any atom is 0.129 e. The number of thioether (sulfide) groups is 1. The molecule has 1 N–H and O–H groups in total. The van der Waals surface area contributed by atoms with Crippen molar-refractivity contribution in [1.82, 2.24) is 5.32 Å². The lowest BCUT2D eigenvalue weighted by Gasteiger charge is -2.17. The first-order valence-electron chi connectivity index (χ1n) is 5.39. The number of nitrogens with one attached hydrogen (secondary N) is 1. The Bertz CT molecular complexity index is 333. The highest BCUT2D eigenvalue weighted by molar-refractivity contribution is 7.99. The average Bonchev–Trinajstić information content (AvgIpc) is 2.26. The fraction of sp³-hybridized carbons (Fsp3) is 0.500. The van der Waals surface area contributed by atoms with E-state index >= 15 is 0 Å². The Morgan fingerprint density at radius 1 is 1.50 bits per heavy atom. The van der Waals surface area contributed by atoms with Crippen molar-refractivity contribution >= 4 is 23.4 Å². The Morgan fingerprint density at radius 2 is 2.25 bits per heavy atom. The molecule has 1 aromatic rings. The predicted molar refractivity (Wildman–Crippen MR) is 70.8 cm³/mol. The van der Waals surface area contributed by atoms with Crippen LogP contribution in [0.1, 0.15) is 24.9 Å². The highest BCUT2D eigenvalue weighted by Crippen LogP contribution is 2.23. The summed E-state index contributed by atoms with van der Waals surface area (Å²) in [5.74, 6) is 1.75. The van der Waals surface area contributed by atoms with Crippen LogP contribution >= 0.6 is 23.4 Å². The second-order valence-electron chi connectivity index (χ2n) is 3.58. The summed E-state index contributed by atoms with van der Waals surface area (Å²) in [6.07, 6.45) is 1.14. The molecule has 1 nitrogen and oxygen atoms in total. The zero-order chi connectivity index (χ0) is 12.0. The van der Waals surface area contributed by atoms with Gasteiger partial charge in [0.1, 0.15) is 5.82 Å². The van der Waals surface area contributed by atoms with E-state index < -0.39 is 0 Å². The van der Waals surface area contributed by atoms with Crippen molar-refractivity contribution in [3.8, 4) is 0 Å². The molecule has 1 unspecified atom stereocenters. The van der Waals surface area contributed by atoms with Crippen molar-refractivity contribution in [1.29, 1.82) is 0 Å². The lowest BCUT2D eigenvalue weighted by Crippen LogP contribution is -2.20. The summed E-state index contributed by atoms with van der Waals surface area (Å²) in [5, 5.41) is 3.58. The maximum atomic E-state index is 13.7. The normalized spacial score (nSPS) is 12.8. The molecule has 0 aromatic heterocycles. The van der Waals surface area contributed by atoms with Crippen molar-refractivity contribution in [2.75, 3.05) is 18.6 Å². The van der Waals surface area contributed by atoms with Gasteiger partial charge < -0.3 is 5.32 Å². The molecule has 16 heavy (non-hydrogen) atoms. The standard InChI is InChI=1S/C12H17ClFNS/c1-3-6-16-8-12(15-2)10-5-4-9(13)7-11(10)14/h4-5,7,12,15H,3,6,8H2,1-2H3. The molecule has 1 atom stereocenters. The third-order valence-electron chi connectivity index (χ3n) is 2.32. The Morgan fingerprint density at radius 3 is 2.81 bits per heavy atom. The van der Waals surface area contributed by atoms with E-state index in [1.165, 1.54) is 6.07 Å². The van der Waals surface area contributed by atoms with Gasteiger partial charge in [0.15, 0.2) is 0 Å². The summed E-state index contributed by atoms with van der Waals surface area (Å²) >= 11 is 7.56. The lowest BCUT2D eigenvalue weighted by atomic mass is 10.1. The van der Waals surface area contributed by atoms with Gasteiger partial charge >= 0.3 is 0 Å². The number of halogens is 2. The van der Waals surface area contributed by atoms with Gasteiger partial charge in [0, 0.05) is 22.4 Å². The minimum absolute atomic E-state index is 0.0498. The van der Waals surface area contributed by atoms with Crippen molar-refractivity contribution in [3.05, 3.63) is 34.6 Å². The van der Waals surface area contributed by atoms with E-state index in [0.717, 1.165) is 17.9 Å². The quantitative estimate of drug-likeness (QED) is 0.780. The van der Waals surface area contributed by atoms with Gasteiger partial charge in [-0.15, -0.1) is 0 Å². The van der Waals surface area contributed by atoms with Crippen LogP contribution < -0.4 is 5.32 Å². The van der Waals surface area contributed by atoms with Crippen molar-refractivity contribution < 1.29 is 4.39 Å². The Kier molecular flexibility index (Phi) is 6.17. The van der Waals surface area contributed by atoms with Gasteiger partial charge in [-0.2, -0.15) is 11.8 Å². The zero-order valence-electron chi connectivity index (χ0n) is 9.59. The summed E-state index contributed by atoms with van der Waals surface area (Å²) in [4.78, 5) is 0. The van der Waals surface area contributed by atoms with E-state index in [9.17, 15) is 4.39 Å². The van der Waals surface area contributed by atoms with Crippen molar-refractivity contribution in [2.45, 2.75) is 19.4 Å². The van der Waals surface area contributed by atoms with E-state index in [1.54, 1.807) is 12.1 Å². The fourth-order valence-electron chi connectivity index (χ4n) is 1.46. The van der Waals surface area contributed by atoms with Gasteiger partial charge in [0.05, 0.1) is 0 Å². The van der Waals surface area contributed by atoms with E-state index in [2.05, 4.69) is 12.2 Å². The first-order valence-corrected chi connectivity index (χ1v) is 6.92. The summed E-state index contributed by atoms with van der Waals surface area (Å²) in [6, 6.07) is 4.90. The second-order valence-corrected chi connectivity index (χ2v) is 5.17. The predicted octanol–water partition coefficient (Wildman–Crippen LogP) is 3.88. The highest BCUT2D eigenvalue weighted by Gasteiger charge is 2.13. The van der Waals surface area contributed by atoms with Crippen LogP contribution in [-0.2, 0) is 0 Å². The smallest absolute Gasteiger partial charge is 0.129 e. The molecular formula is C12H17ClFNS. The third kappa shape index (κ3) is 3.96. The van der Waals surface area contributed by atoms with Crippen LogP contribution in [0.3, 0.4) is 0 Å². The molecule has 90 valence electrons. The molecule has 0 aliphatic rings. The third-order valence-corrected chi connectivity index (χ3v) is 3.82. The number of benzene rings is 1. The summed E-state index contributed by atoms with van der Waals surface area (Å²) in [6.45, 7) is 2.14. The van der Waals surface area contributed by atoms with Gasteiger partial charge in [-0.3, -0.25) is 0 Å². The topological polar surface area (TPSA) is 12.0 Å². The largest absolute Gasteiger partial charge is 0.312 e. The first kappa shape index (κ1) is 13.8. The van der Waals surface area contributed by atoms with Gasteiger partial charge in [0.2, 0.25) is 0 Å². The molecule has 0 aliphatic heterocycles. The molecule has 0 aliphatic carbocycles. The molecular weight excluding hydrogens is 245 g/mol. The van der Waals surface area contributed by atoms with E-state index in [4.69, 9.17) is 11.6 Å². The summed E-state index contributed by atoms with van der Waals surface area (Å²) in [7, 11) is 1.85. The number of hydrogen-bond acceptors (Lipinski definition) is 2. The zero-order valence-corrected chi connectivity index (χ0v) is 11.2. The Balaban J connectivity index is 2.70. The molecule has 4 heteroatoms. The summed E-state index contributed by atoms with van der Waals surface area (Å²) < 4.78 is 13.7. The van der Waals surface area contributed by atoms with Crippen molar-refractivity contribution in [2.24, 2.45) is 0 Å².